The molecule has 0 saturated carbocycles. The highest BCUT2D eigenvalue weighted by atomic mass is 19.1. The third-order valence-corrected chi connectivity index (χ3v) is 3.28. The van der Waals surface area contributed by atoms with Crippen molar-refractivity contribution in [2.75, 3.05) is 0 Å². The quantitative estimate of drug-likeness (QED) is 0.912. The predicted octanol–water partition coefficient (Wildman–Crippen LogP) is 3.56. The molecule has 21 heavy (non-hydrogen) atoms. The van der Waals surface area contributed by atoms with Crippen LogP contribution in [-0.4, -0.2) is 6.04 Å². The molecule has 0 aromatic heterocycles. The van der Waals surface area contributed by atoms with Gasteiger partial charge in [-0.1, -0.05) is 30.3 Å². The van der Waals surface area contributed by atoms with Crippen LogP contribution in [0.4, 0.5) is 8.78 Å². The maximum atomic E-state index is 13.7. The van der Waals surface area contributed by atoms with Gasteiger partial charge in [-0.05, 0) is 31.0 Å². The Morgan fingerprint density at radius 2 is 1.76 bits per heavy atom. The molecule has 2 rings (SSSR count). The number of hydrogen-bond donors (Lipinski definition) is 1. The molecular weight excluding hydrogens is 270 g/mol. The van der Waals surface area contributed by atoms with Crippen LogP contribution in [0.3, 0.4) is 0 Å². The van der Waals surface area contributed by atoms with E-state index in [1.165, 1.54) is 5.56 Å². The Bertz CT molecular complexity index is 625. The molecule has 0 aliphatic heterocycles. The van der Waals surface area contributed by atoms with Gasteiger partial charge >= 0.3 is 0 Å². The standard InChI is InChI=1S/C17H16F2N2/c1-12(7-13-5-3-2-4-6-13)21-11-15-16(18)8-14(10-20)9-17(15)19/h2-6,8-9,12,21H,7,11H2,1H3. The summed E-state index contributed by atoms with van der Waals surface area (Å²) in [7, 11) is 0. The lowest BCUT2D eigenvalue weighted by atomic mass is 10.1. The van der Waals surface area contributed by atoms with Crippen molar-refractivity contribution in [3.8, 4) is 6.07 Å². The number of nitrogens with one attached hydrogen (secondary N) is 1. The molecular formula is C17H16F2N2. The molecule has 0 spiro atoms. The second-order valence-corrected chi connectivity index (χ2v) is 5.00. The van der Waals surface area contributed by atoms with E-state index in [4.69, 9.17) is 5.26 Å². The van der Waals surface area contributed by atoms with Gasteiger partial charge in [0.1, 0.15) is 11.6 Å². The minimum Gasteiger partial charge on any atom is -0.310 e. The molecule has 0 aliphatic rings. The van der Waals surface area contributed by atoms with Gasteiger partial charge in [-0.15, -0.1) is 0 Å². The molecule has 0 radical (unpaired) electrons. The van der Waals surface area contributed by atoms with Crippen molar-refractivity contribution in [1.82, 2.24) is 5.32 Å². The molecule has 2 nitrogen and oxygen atoms in total. The van der Waals surface area contributed by atoms with Crippen LogP contribution in [-0.2, 0) is 13.0 Å². The largest absolute Gasteiger partial charge is 0.310 e. The van der Waals surface area contributed by atoms with Gasteiger partial charge in [-0.2, -0.15) is 5.26 Å². The highest BCUT2D eigenvalue weighted by molar-refractivity contribution is 5.34. The first kappa shape index (κ1) is 15.1. The second kappa shape index (κ2) is 6.96. The fraction of sp³-hybridized carbons (Fsp3) is 0.235. The van der Waals surface area contributed by atoms with Crippen molar-refractivity contribution < 1.29 is 8.78 Å². The van der Waals surface area contributed by atoms with Gasteiger partial charge < -0.3 is 5.32 Å². The summed E-state index contributed by atoms with van der Waals surface area (Å²) >= 11 is 0. The number of hydrogen-bond acceptors (Lipinski definition) is 2. The van der Waals surface area contributed by atoms with Crippen molar-refractivity contribution in [2.45, 2.75) is 25.9 Å². The molecule has 0 fully saturated rings. The number of benzene rings is 2. The van der Waals surface area contributed by atoms with E-state index in [9.17, 15) is 8.78 Å². The molecule has 0 saturated heterocycles. The first-order chi connectivity index (χ1) is 10.1. The summed E-state index contributed by atoms with van der Waals surface area (Å²) < 4.78 is 27.5. The smallest absolute Gasteiger partial charge is 0.131 e. The Morgan fingerprint density at radius 1 is 1.14 bits per heavy atom. The van der Waals surface area contributed by atoms with Gasteiger partial charge in [0.15, 0.2) is 0 Å². The average molecular weight is 286 g/mol. The van der Waals surface area contributed by atoms with Crippen LogP contribution in [0.25, 0.3) is 0 Å². The lowest BCUT2D eigenvalue weighted by Gasteiger charge is -2.15. The summed E-state index contributed by atoms with van der Waals surface area (Å²) in [5.41, 5.74) is 1.12. The van der Waals surface area contributed by atoms with Crippen molar-refractivity contribution in [3.63, 3.8) is 0 Å². The lowest BCUT2D eigenvalue weighted by Crippen LogP contribution is -2.28. The first-order valence-corrected chi connectivity index (χ1v) is 6.75. The van der Waals surface area contributed by atoms with Crippen molar-refractivity contribution in [2.24, 2.45) is 0 Å². The Morgan fingerprint density at radius 3 is 2.33 bits per heavy atom. The molecule has 108 valence electrons. The lowest BCUT2D eigenvalue weighted by molar-refractivity contribution is 0.498. The summed E-state index contributed by atoms with van der Waals surface area (Å²) in [6, 6.07) is 13.8. The normalized spacial score (nSPS) is 11.9. The van der Waals surface area contributed by atoms with E-state index in [2.05, 4.69) is 5.32 Å². The number of rotatable bonds is 5. The van der Waals surface area contributed by atoms with Gasteiger partial charge in [0.25, 0.3) is 0 Å². The highest BCUT2D eigenvalue weighted by Gasteiger charge is 2.12. The number of nitrogens with zero attached hydrogens (tertiary/aromatic N) is 1. The summed E-state index contributed by atoms with van der Waals surface area (Å²) in [6.45, 7) is 2.06. The number of nitriles is 1. The van der Waals surface area contributed by atoms with Gasteiger partial charge in [0.05, 0.1) is 11.6 Å². The monoisotopic (exact) mass is 286 g/mol. The minimum atomic E-state index is -0.689. The van der Waals surface area contributed by atoms with Crippen molar-refractivity contribution in [3.05, 3.63) is 70.8 Å². The maximum Gasteiger partial charge on any atom is 0.131 e. The first-order valence-electron chi connectivity index (χ1n) is 6.75. The predicted molar refractivity (Wildman–Crippen MR) is 77.5 cm³/mol. The zero-order valence-electron chi connectivity index (χ0n) is 11.7. The Hall–Kier alpha value is -2.25. The zero-order chi connectivity index (χ0) is 15.2. The molecule has 2 aromatic carbocycles. The SMILES string of the molecule is CC(Cc1ccccc1)NCc1c(F)cc(C#N)cc1F. The van der Waals surface area contributed by atoms with Crippen LogP contribution in [0.5, 0.6) is 0 Å². The van der Waals surface area contributed by atoms with E-state index in [1.54, 1.807) is 6.07 Å². The second-order valence-electron chi connectivity index (χ2n) is 5.00. The fourth-order valence-corrected chi connectivity index (χ4v) is 2.15. The van der Waals surface area contributed by atoms with E-state index >= 15 is 0 Å². The van der Waals surface area contributed by atoms with Crippen LogP contribution < -0.4 is 5.32 Å². The topological polar surface area (TPSA) is 35.8 Å². The van der Waals surface area contributed by atoms with Crippen molar-refractivity contribution >= 4 is 0 Å². The van der Waals surface area contributed by atoms with E-state index in [1.807, 2.05) is 37.3 Å². The molecule has 0 amide bonds. The molecule has 0 aliphatic carbocycles. The van der Waals surface area contributed by atoms with Gasteiger partial charge in [0.2, 0.25) is 0 Å². The summed E-state index contributed by atoms with van der Waals surface area (Å²) in [5, 5.41) is 11.8. The van der Waals surface area contributed by atoms with Crippen LogP contribution in [0.15, 0.2) is 42.5 Å². The van der Waals surface area contributed by atoms with Gasteiger partial charge in [0, 0.05) is 18.2 Å². The van der Waals surface area contributed by atoms with Crippen LogP contribution in [0, 0.1) is 23.0 Å². The molecule has 4 heteroatoms. The Labute approximate surface area is 123 Å². The Balaban J connectivity index is 1.99. The highest BCUT2D eigenvalue weighted by Crippen LogP contribution is 2.15. The summed E-state index contributed by atoms with van der Waals surface area (Å²) in [5.74, 6) is -1.38. The van der Waals surface area contributed by atoms with E-state index in [0.717, 1.165) is 18.6 Å². The van der Waals surface area contributed by atoms with Crippen LogP contribution >= 0.6 is 0 Å². The third kappa shape index (κ3) is 4.11. The fourth-order valence-electron chi connectivity index (χ4n) is 2.15. The zero-order valence-corrected chi connectivity index (χ0v) is 11.7. The third-order valence-electron chi connectivity index (χ3n) is 3.28. The molecule has 1 N–H and O–H groups in total. The number of halogens is 2. The van der Waals surface area contributed by atoms with Gasteiger partial charge in [-0.3, -0.25) is 0 Å². The van der Waals surface area contributed by atoms with Crippen molar-refractivity contribution in [1.29, 1.82) is 5.26 Å². The minimum absolute atomic E-state index is 0.00826. The van der Waals surface area contributed by atoms with E-state index in [-0.39, 0.29) is 23.7 Å². The average Bonchev–Trinajstić information content (AvgIpc) is 2.47. The molecule has 1 unspecified atom stereocenters. The summed E-state index contributed by atoms with van der Waals surface area (Å²) in [6.07, 6.45) is 0.778. The summed E-state index contributed by atoms with van der Waals surface area (Å²) in [4.78, 5) is 0. The molecule has 0 heterocycles. The molecule has 2 aromatic rings. The van der Waals surface area contributed by atoms with Crippen LogP contribution in [0.1, 0.15) is 23.6 Å². The van der Waals surface area contributed by atoms with E-state index in [0.29, 0.717) is 0 Å². The van der Waals surface area contributed by atoms with E-state index < -0.39 is 11.6 Å². The van der Waals surface area contributed by atoms with Crippen LogP contribution in [0.2, 0.25) is 0 Å². The maximum absolute atomic E-state index is 13.7. The van der Waals surface area contributed by atoms with Gasteiger partial charge in [-0.25, -0.2) is 8.78 Å². The molecule has 0 bridgehead atoms. The Kier molecular flexibility index (Phi) is 5.02. The molecule has 1 atom stereocenters.